The predicted molar refractivity (Wildman–Crippen MR) is 64.3 cm³/mol. The Bertz CT molecular complexity index is 256. The van der Waals surface area contributed by atoms with Crippen LogP contribution in [0.3, 0.4) is 0 Å². The standard InChI is InChI=1S/C8H10N2O.2C2H6/c11-5-7-3-6-1-2-9-4-8(6)10-7;2*1-2/h3,5,9-10H,1-2,4H2;2*1-2H3. The van der Waals surface area contributed by atoms with Gasteiger partial charge in [0.25, 0.3) is 0 Å². The van der Waals surface area contributed by atoms with Crippen LogP contribution >= 0.6 is 0 Å². The van der Waals surface area contributed by atoms with Crippen molar-refractivity contribution < 1.29 is 4.79 Å². The number of hydrogen-bond acceptors (Lipinski definition) is 2. The van der Waals surface area contributed by atoms with E-state index >= 15 is 0 Å². The number of nitrogens with one attached hydrogen (secondary N) is 2. The zero-order valence-corrected chi connectivity index (χ0v) is 10.2. The molecule has 2 heterocycles. The van der Waals surface area contributed by atoms with Crippen LogP contribution in [0.2, 0.25) is 0 Å². The zero-order chi connectivity index (χ0) is 11.7. The fraction of sp³-hybridized carbons (Fsp3) is 0.583. The summed E-state index contributed by atoms with van der Waals surface area (Å²) >= 11 is 0. The van der Waals surface area contributed by atoms with Crippen molar-refractivity contribution >= 4 is 6.29 Å². The third-order valence-corrected chi connectivity index (χ3v) is 2.01. The van der Waals surface area contributed by atoms with E-state index in [2.05, 4.69) is 10.3 Å². The Labute approximate surface area is 92.3 Å². The minimum atomic E-state index is 0.693. The van der Waals surface area contributed by atoms with Crippen LogP contribution in [0.4, 0.5) is 0 Å². The van der Waals surface area contributed by atoms with Crippen molar-refractivity contribution in [3.8, 4) is 0 Å². The predicted octanol–water partition coefficient (Wildman–Crippen LogP) is 2.53. The molecule has 3 heteroatoms. The highest BCUT2D eigenvalue weighted by Crippen LogP contribution is 2.13. The van der Waals surface area contributed by atoms with Gasteiger partial charge in [0, 0.05) is 12.2 Å². The fourth-order valence-electron chi connectivity index (χ4n) is 1.45. The normalized spacial score (nSPS) is 12.5. The second-order valence-electron chi connectivity index (χ2n) is 2.77. The molecule has 1 aliphatic rings. The van der Waals surface area contributed by atoms with Crippen molar-refractivity contribution in [1.82, 2.24) is 10.3 Å². The summed E-state index contributed by atoms with van der Waals surface area (Å²) in [5, 5.41) is 3.23. The highest BCUT2D eigenvalue weighted by atomic mass is 16.1. The zero-order valence-electron chi connectivity index (χ0n) is 10.2. The Kier molecular flexibility index (Phi) is 7.64. The van der Waals surface area contributed by atoms with Crippen LogP contribution in [0.25, 0.3) is 0 Å². The molecule has 0 atom stereocenters. The summed E-state index contributed by atoms with van der Waals surface area (Å²) in [5.41, 5.74) is 3.14. The Morgan fingerprint density at radius 1 is 1.27 bits per heavy atom. The maximum atomic E-state index is 10.4. The molecule has 2 rings (SSSR count). The van der Waals surface area contributed by atoms with Crippen LogP contribution < -0.4 is 5.32 Å². The van der Waals surface area contributed by atoms with Crippen molar-refractivity contribution in [2.24, 2.45) is 0 Å². The molecule has 0 fully saturated rings. The molecule has 1 aliphatic heterocycles. The first-order chi connectivity index (χ1) is 7.40. The molecular formula is C12H22N2O. The maximum Gasteiger partial charge on any atom is 0.166 e. The van der Waals surface area contributed by atoms with Gasteiger partial charge in [0.2, 0.25) is 0 Å². The summed E-state index contributed by atoms with van der Waals surface area (Å²) in [5.74, 6) is 0. The van der Waals surface area contributed by atoms with Gasteiger partial charge in [-0.2, -0.15) is 0 Å². The van der Waals surface area contributed by atoms with Crippen LogP contribution in [-0.2, 0) is 13.0 Å². The lowest BCUT2D eigenvalue weighted by atomic mass is 10.1. The molecule has 1 aromatic heterocycles. The van der Waals surface area contributed by atoms with E-state index in [9.17, 15) is 4.79 Å². The van der Waals surface area contributed by atoms with Gasteiger partial charge >= 0.3 is 0 Å². The number of aromatic amines is 1. The number of carbonyl (C=O) groups excluding carboxylic acids is 1. The van der Waals surface area contributed by atoms with E-state index in [1.165, 1.54) is 11.3 Å². The number of carbonyl (C=O) groups is 1. The van der Waals surface area contributed by atoms with E-state index < -0.39 is 0 Å². The van der Waals surface area contributed by atoms with Crippen molar-refractivity contribution in [2.75, 3.05) is 6.54 Å². The monoisotopic (exact) mass is 210 g/mol. The smallest absolute Gasteiger partial charge is 0.166 e. The molecule has 1 aromatic rings. The van der Waals surface area contributed by atoms with E-state index in [4.69, 9.17) is 0 Å². The molecule has 2 N–H and O–H groups in total. The van der Waals surface area contributed by atoms with Crippen molar-refractivity contribution in [1.29, 1.82) is 0 Å². The van der Waals surface area contributed by atoms with Gasteiger partial charge in [0.15, 0.2) is 6.29 Å². The van der Waals surface area contributed by atoms with E-state index in [0.29, 0.717) is 5.69 Å². The lowest BCUT2D eigenvalue weighted by molar-refractivity contribution is 0.111. The van der Waals surface area contributed by atoms with Crippen LogP contribution in [0.1, 0.15) is 49.4 Å². The summed E-state index contributed by atoms with van der Waals surface area (Å²) in [4.78, 5) is 13.4. The molecule has 15 heavy (non-hydrogen) atoms. The summed E-state index contributed by atoms with van der Waals surface area (Å²) in [6.45, 7) is 9.88. The fourth-order valence-corrected chi connectivity index (χ4v) is 1.45. The molecule has 0 spiro atoms. The van der Waals surface area contributed by atoms with Gasteiger partial charge < -0.3 is 10.3 Å². The maximum absolute atomic E-state index is 10.4. The number of fused-ring (bicyclic) bond motifs is 1. The lowest BCUT2D eigenvalue weighted by Crippen LogP contribution is -2.22. The molecule has 3 nitrogen and oxygen atoms in total. The van der Waals surface area contributed by atoms with Gasteiger partial charge in [-0.1, -0.05) is 27.7 Å². The van der Waals surface area contributed by atoms with E-state index in [1.54, 1.807) is 0 Å². The van der Waals surface area contributed by atoms with Crippen molar-refractivity contribution in [3.05, 3.63) is 23.0 Å². The van der Waals surface area contributed by atoms with Crippen LogP contribution in [0.15, 0.2) is 6.07 Å². The molecule has 0 amide bonds. The largest absolute Gasteiger partial charge is 0.355 e. The lowest BCUT2D eigenvalue weighted by Gasteiger charge is -2.11. The molecule has 0 radical (unpaired) electrons. The summed E-state index contributed by atoms with van der Waals surface area (Å²) in [6.07, 6.45) is 1.89. The Hall–Kier alpha value is -1.09. The Morgan fingerprint density at radius 2 is 1.93 bits per heavy atom. The minimum Gasteiger partial charge on any atom is -0.355 e. The average molecular weight is 210 g/mol. The number of hydrogen-bond donors (Lipinski definition) is 2. The SMILES string of the molecule is CC.CC.O=Cc1cc2c([nH]1)CNCC2. The summed E-state index contributed by atoms with van der Waals surface area (Å²) in [6, 6.07) is 1.93. The van der Waals surface area contributed by atoms with Crippen molar-refractivity contribution in [2.45, 2.75) is 40.7 Å². The molecule has 0 aromatic carbocycles. The number of aldehydes is 1. The quantitative estimate of drug-likeness (QED) is 0.700. The molecule has 86 valence electrons. The van der Waals surface area contributed by atoms with Gasteiger partial charge in [-0.05, 0) is 24.6 Å². The molecule has 0 saturated heterocycles. The first kappa shape index (κ1) is 13.9. The third kappa shape index (κ3) is 3.88. The van der Waals surface area contributed by atoms with Crippen LogP contribution in [-0.4, -0.2) is 17.8 Å². The first-order valence-electron chi connectivity index (χ1n) is 5.77. The van der Waals surface area contributed by atoms with E-state index in [0.717, 1.165) is 25.8 Å². The third-order valence-electron chi connectivity index (χ3n) is 2.01. The number of rotatable bonds is 1. The van der Waals surface area contributed by atoms with Gasteiger partial charge in [0.05, 0.1) is 5.69 Å². The highest BCUT2D eigenvalue weighted by Gasteiger charge is 2.10. The summed E-state index contributed by atoms with van der Waals surface area (Å²) < 4.78 is 0. The first-order valence-corrected chi connectivity index (χ1v) is 5.77. The van der Waals surface area contributed by atoms with Gasteiger partial charge in [-0.3, -0.25) is 4.79 Å². The topological polar surface area (TPSA) is 44.9 Å². The number of aromatic nitrogens is 1. The minimum absolute atomic E-state index is 0.693. The van der Waals surface area contributed by atoms with E-state index in [-0.39, 0.29) is 0 Å². The highest BCUT2D eigenvalue weighted by molar-refractivity contribution is 5.72. The molecule has 0 aliphatic carbocycles. The van der Waals surface area contributed by atoms with Gasteiger partial charge in [-0.25, -0.2) is 0 Å². The van der Waals surface area contributed by atoms with Crippen molar-refractivity contribution in [3.63, 3.8) is 0 Å². The van der Waals surface area contributed by atoms with Crippen LogP contribution in [0, 0.1) is 0 Å². The molecule has 0 unspecified atom stereocenters. The van der Waals surface area contributed by atoms with E-state index in [1.807, 2.05) is 33.8 Å². The molecular weight excluding hydrogens is 188 g/mol. The Morgan fingerprint density at radius 3 is 2.47 bits per heavy atom. The van der Waals surface area contributed by atoms with Crippen LogP contribution in [0.5, 0.6) is 0 Å². The Balaban J connectivity index is 0.000000442. The second-order valence-corrected chi connectivity index (χ2v) is 2.77. The number of H-pyrrole nitrogens is 1. The van der Waals surface area contributed by atoms with Gasteiger partial charge in [-0.15, -0.1) is 0 Å². The molecule has 0 saturated carbocycles. The van der Waals surface area contributed by atoms with Gasteiger partial charge in [0.1, 0.15) is 0 Å². The summed E-state index contributed by atoms with van der Waals surface area (Å²) in [7, 11) is 0. The average Bonchev–Trinajstić information content (AvgIpc) is 2.77. The molecule has 0 bridgehead atoms. The second kappa shape index (κ2) is 8.24.